The highest BCUT2D eigenvalue weighted by Crippen LogP contribution is 2.52. The van der Waals surface area contributed by atoms with Gasteiger partial charge in [0.05, 0.1) is 0 Å². The predicted octanol–water partition coefficient (Wildman–Crippen LogP) is 2.17. The maximum absolute atomic E-state index is 11.7. The fourth-order valence-corrected chi connectivity index (χ4v) is 2.21. The Kier molecular flexibility index (Phi) is 2.30. The van der Waals surface area contributed by atoms with Crippen LogP contribution >= 0.6 is 11.6 Å². The van der Waals surface area contributed by atoms with Crippen molar-refractivity contribution in [2.45, 2.75) is 33.1 Å². The Morgan fingerprint density at radius 1 is 1.50 bits per heavy atom. The number of rotatable bonds is 4. The van der Waals surface area contributed by atoms with Crippen molar-refractivity contribution in [3.8, 4) is 0 Å². The third kappa shape index (κ3) is 1.90. The molecule has 1 N–H and O–H groups in total. The van der Waals surface area contributed by atoms with Crippen LogP contribution in [-0.4, -0.2) is 18.3 Å². The number of carbonyl (C=O) groups excluding carboxylic acids is 1. The summed E-state index contributed by atoms with van der Waals surface area (Å²) in [5.41, 5.74) is 0.484. The van der Waals surface area contributed by atoms with Crippen molar-refractivity contribution in [3.63, 3.8) is 0 Å². The van der Waals surface area contributed by atoms with E-state index in [1.165, 1.54) is 12.8 Å². The molecule has 0 aromatic heterocycles. The molecule has 1 atom stereocenters. The molecule has 0 aliphatic heterocycles. The average molecular weight is 216 g/mol. The van der Waals surface area contributed by atoms with E-state index < -0.39 is 0 Å². The SMILES string of the molecule is CC1(C)CC1C(=O)NCC1(CCl)CC1. The van der Waals surface area contributed by atoms with Gasteiger partial charge >= 0.3 is 0 Å². The monoisotopic (exact) mass is 215 g/mol. The van der Waals surface area contributed by atoms with E-state index in [-0.39, 0.29) is 22.7 Å². The summed E-state index contributed by atoms with van der Waals surface area (Å²) in [4.78, 5) is 11.7. The fraction of sp³-hybridized carbons (Fsp3) is 0.909. The molecule has 2 aliphatic rings. The average Bonchev–Trinajstić information content (AvgIpc) is 3.00. The summed E-state index contributed by atoms with van der Waals surface area (Å²) in [6.45, 7) is 5.07. The van der Waals surface area contributed by atoms with E-state index in [0.29, 0.717) is 5.88 Å². The number of amides is 1. The Balaban J connectivity index is 1.74. The highest BCUT2D eigenvalue weighted by atomic mass is 35.5. The maximum Gasteiger partial charge on any atom is 0.223 e. The van der Waals surface area contributed by atoms with Gasteiger partial charge in [0.1, 0.15) is 0 Å². The smallest absolute Gasteiger partial charge is 0.223 e. The third-order valence-electron chi connectivity index (χ3n) is 3.71. The van der Waals surface area contributed by atoms with Crippen molar-refractivity contribution in [1.82, 2.24) is 5.32 Å². The quantitative estimate of drug-likeness (QED) is 0.716. The first-order valence-corrected chi connectivity index (χ1v) is 5.86. The van der Waals surface area contributed by atoms with Crippen molar-refractivity contribution >= 4 is 17.5 Å². The molecule has 1 unspecified atom stereocenters. The summed E-state index contributed by atoms with van der Waals surface area (Å²) in [7, 11) is 0. The van der Waals surface area contributed by atoms with E-state index in [4.69, 9.17) is 11.6 Å². The highest BCUT2D eigenvalue weighted by molar-refractivity contribution is 6.18. The van der Waals surface area contributed by atoms with Gasteiger partial charge in [-0.1, -0.05) is 13.8 Å². The highest BCUT2D eigenvalue weighted by Gasteiger charge is 2.51. The second kappa shape index (κ2) is 3.13. The van der Waals surface area contributed by atoms with Crippen molar-refractivity contribution in [1.29, 1.82) is 0 Å². The van der Waals surface area contributed by atoms with Gasteiger partial charge in [-0.3, -0.25) is 4.79 Å². The van der Waals surface area contributed by atoms with Crippen LogP contribution < -0.4 is 5.32 Å². The van der Waals surface area contributed by atoms with Crippen LogP contribution in [0.25, 0.3) is 0 Å². The van der Waals surface area contributed by atoms with Gasteiger partial charge < -0.3 is 5.32 Å². The molecule has 3 heteroatoms. The lowest BCUT2D eigenvalue weighted by Gasteiger charge is -2.12. The first-order chi connectivity index (χ1) is 6.49. The molecular weight excluding hydrogens is 198 g/mol. The minimum absolute atomic E-state index is 0.228. The largest absolute Gasteiger partial charge is 0.355 e. The second-order valence-corrected chi connectivity index (χ2v) is 5.86. The minimum Gasteiger partial charge on any atom is -0.355 e. The summed E-state index contributed by atoms with van der Waals surface area (Å²) >= 11 is 5.84. The molecule has 0 heterocycles. The Labute approximate surface area is 90.4 Å². The van der Waals surface area contributed by atoms with Crippen molar-refractivity contribution in [2.75, 3.05) is 12.4 Å². The Hall–Kier alpha value is -0.240. The zero-order valence-corrected chi connectivity index (χ0v) is 9.66. The number of nitrogens with one attached hydrogen (secondary N) is 1. The molecule has 2 fully saturated rings. The molecule has 2 saturated carbocycles. The van der Waals surface area contributed by atoms with Gasteiger partial charge in [0.2, 0.25) is 5.91 Å². The Morgan fingerprint density at radius 2 is 2.07 bits per heavy atom. The Morgan fingerprint density at radius 3 is 2.43 bits per heavy atom. The topological polar surface area (TPSA) is 29.1 Å². The number of carbonyl (C=O) groups is 1. The van der Waals surface area contributed by atoms with Gasteiger partial charge in [0.25, 0.3) is 0 Å². The van der Waals surface area contributed by atoms with E-state index in [1.54, 1.807) is 0 Å². The molecule has 0 aromatic rings. The van der Waals surface area contributed by atoms with E-state index >= 15 is 0 Å². The van der Waals surface area contributed by atoms with Gasteiger partial charge in [0.15, 0.2) is 0 Å². The van der Waals surface area contributed by atoms with Gasteiger partial charge in [0, 0.05) is 23.8 Å². The molecule has 0 spiro atoms. The van der Waals surface area contributed by atoms with Crippen LogP contribution in [0.5, 0.6) is 0 Å². The molecule has 0 saturated heterocycles. The van der Waals surface area contributed by atoms with E-state index in [9.17, 15) is 4.79 Å². The summed E-state index contributed by atoms with van der Waals surface area (Å²) in [6, 6.07) is 0. The first kappa shape index (κ1) is 10.3. The predicted molar refractivity (Wildman–Crippen MR) is 57.3 cm³/mol. The molecular formula is C11H18ClNO. The van der Waals surface area contributed by atoms with Crippen molar-refractivity contribution < 1.29 is 4.79 Å². The maximum atomic E-state index is 11.7. The normalized spacial score (nSPS) is 30.9. The summed E-state index contributed by atoms with van der Waals surface area (Å²) in [5.74, 6) is 1.15. The van der Waals surface area contributed by atoms with Crippen LogP contribution in [0.1, 0.15) is 33.1 Å². The molecule has 2 nitrogen and oxygen atoms in total. The van der Waals surface area contributed by atoms with E-state index in [2.05, 4.69) is 19.2 Å². The number of hydrogen-bond acceptors (Lipinski definition) is 1. The zero-order valence-electron chi connectivity index (χ0n) is 8.90. The lowest BCUT2D eigenvalue weighted by atomic mass is 10.1. The second-order valence-electron chi connectivity index (χ2n) is 5.60. The van der Waals surface area contributed by atoms with Crippen molar-refractivity contribution in [2.24, 2.45) is 16.7 Å². The van der Waals surface area contributed by atoms with Gasteiger partial charge in [-0.15, -0.1) is 11.6 Å². The van der Waals surface area contributed by atoms with Crippen LogP contribution in [0.2, 0.25) is 0 Å². The lowest BCUT2D eigenvalue weighted by molar-refractivity contribution is -0.123. The molecule has 2 rings (SSSR count). The van der Waals surface area contributed by atoms with Crippen LogP contribution in [0, 0.1) is 16.7 Å². The first-order valence-electron chi connectivity index (χ1n) is 5.33. The van der Waals surface area contributed by atoms with E-state index in [1.807, 2.05) is 0 Å². The third-order valence-corrected chi connectivity index (χ3v) is 4.28. The molecule has 14 heavy (non-hydrogen) atoms. The standard InChI is InChI=1S/C11H18ClNO/c1-10(2)5-8(10)9(14)13-7-11(6-12)3-4-11/h8H,3-7H2,1-2H3,(H,13,14). The molecule has 1 amide bonds. The van der Waals surface area contributed by atoms with Crippen molar-refractivity contribution in [3.05, 3.63) is 0 Å². The summed E-state index contributed by atoms with van der Waals surface area (Å²) < 4.78 is 0. The van der Waals surface area contributed by atoms with Crippen LogP contribution in [-0.2, 0) is 4.79 Å². The van der Waals surface area contributed by atoms with Gasteiger partial charge in [-0.2, -0.15) is 0 Å². The van der Waals surface area contributed by atoms with Gasteiger partial charge in [-0.05, 0) is 24.7 Å². The summed E-state index contributed by atoms with van der Waals surface area (Å²) in [5, 5.41) is 3.03. The zero-order chi connectivity index (χ0) is 10.4. The van der Waals surface area contributed by atoms with Crippen LogP contribution in [0.4, 0.5) is 0 Å². The number of hydrogen-bond donors (Lipinski definition) is 1. The Bertz CT molecular complexity index is 258. The number of alkyl halides is 1. The minimum atomic E-state index is 0.228. The van der Waals surface area contributed by atoms with E-state index in [0.717, 1.165) is 13.0 Å². The van der Waals surface area contributed by atoms with Gasteiger partial charge in [-0.25, -0.2) is 0 Å². The summed E-state index contributed by atoms with van der Waals surface area (Å²) in [6.07, 6.45) is 3.38. The number of halogens is 1. The lowest BCUT2D eigenvalue weighted by Crippen LogP contribution is -2.33. The van der Waals surface area contributed by atoms with Crippen LogP contribution in [0.3, 0.4) is 0 Å². The molecule has 2 aliphatic carbocycles. The fourth-order valence-electron chi connectivity index (χ4n) is 1.85. The van der Waals surface area contributed by atoms with Crippen LogP contribution in [0.15, 0.2) is 0 Å². The molecule has 80 valence electrons. The molecule has 0 aromatic carbocycles. The molecule has 0 bridgehead atoms. The molecule has 0 radical (unpaired) electrons.